The molecule has 0 radical (unpaired) electrons. The van der Waals surface area contributed by atoms with Crippen LogP contribution in [0.2, 0.25) is 0 Å². The summed E-state index contributed by atoms with van der Waals surface area (Å²) in [5.74, 6) is 0. The van der Waals surface area contributed by atoms with E-state index in [1.54, 1.807) is 0 Å². The minimum atomic E-state index is -0.806. The van der Waals surface area contributed by atoms with Gasteiger partial charge in [-0.25, -0.2) is 0 Å². The van der Waals surface area contributed by atoms with Crippen molar-refractivity contribution in [3.63, 3.8) is 0 Å². The van der Waals surface area contributed by atoms with Crippen LogP contribution in [0.4, 0.5) is 0 Å². The maximum atomic E-state index is 9.47. The standard InChI is InChI=1S/C34H20S/c1-3-10-23-21(8-1)16-17-29-30(23)20-22-9-2-4-11-24(22)33(29)28-18-19-32-34-26(13-7-14-27(28)34)25-12-5-6-15-31(25)35-32/h1-20H/i1D,2D,3D,4D,5D,6D,7D,8D,9D,10D,11D,12D,13D,14D,15D,16D,17D,18D,19D,20D. The summed E-state index contributed by atoms with van der Waals surface area (Å²) in [6.07, 6.45) is 0. The average molecular weight is 481 g/mol. The van der Waals surface area contributed by atoms with Gasteiger partial charge in [-0.05, 0) is 78.1 Å². The molecule has 0 fully saturated rings. The van der Waals surface area contributed by atoms with Crippen LogP contribution in [0.3, 0.4) is 0 Å². The lowest BCUT2D eigenvalue weighted by Gasteiger charge is -2.22. The molecular formula is C34H20S. The second kappa shape index (κ2) is 7.21. The van der Waals surface area contributed by atoms with Gasteiger partial charge in [0, 0.05) is 15.2 Å². The number of fused-ring (bicyclic) bond motifs is 6. The maximum absolute atomic E-state index is 9.47. The van der Waals surface area contributed by atoms with Crippen LogP contribution in [0.5, 0.6) is 0 Å². The molecule has 8 rings (SSSR count). The van der Waals surface area contributed by atoms with E-state index in [1.165, 1.54) is 0 Å². The van der Waals surface area contributed by atoms with Gasteiger partial charge in [-0.3, -0.25) is 0 Å². The number of hydrogen-bond acceptors (Lipinski definition) is 1. The molecule has 7 aromatic carbocycles. The van der Waals surface area contributed by atoms with Crippen LogP contribution >= 0.6 is 11.8 Å². The summed E-state index contributed by atoms with van der Waals surface area (Å²) in [5, 5.41) is -3.28. The van der Waals surface area contributed by atoms with E-state index in [4.69, 9.17) is 20.6 Å². The molecule has 7 aromatic rings. The molecule has 0 amide bonds. The Morgan fingerprint density at radius 3 is 2.11 bits per heavy atom. The predicted molar refractivity (Wildman–Crippen MR) is 151 cm³/mol. The third-order valence-corrected chi connectivity index (χ3v) is 6.97. The molecule has 0 atom stereocenters. The molecule has 0 N–H and O–H groups in total. The molecule has 1 aliphatic heterocycles. The van der Waals surface area contributed by atoms with E-state index in [0.29, 0.717) is 11.8 Å². The Bertz CT molecular complexity index is 3060. The average Bonchev–Trinajstić information content (AvgIpc) is 3.16. The van der Waals surface area contributed by atoms with Gasteiger partial charge >= 0.3 is 0 Å². The van der Waals surface area contributed by atoms with E-state index in [-0.39, 0.29) is 31.7 Å². The smallest absolute Gasteiger partial charge is 0.0636 e. The molecule has 0 bridgehead atoms. The van der Waals surface area contributed by atoms with Crippen molar-refractivity contribution in [1.82, 2.24) is 0 Å². The van der Waals surface area contributed by atoms with Gasteiger partial charge in [0.2, 0.25) is 0 Å². The van der Waals surface area contributed by atoms with Crippen molar-refractivity contribution in [2.75, 3.05) is 0 Å². The third-order valence-electron chi connectivity index (χ3n) is 5.95. The van der Waals surface area contributed by atoms with Crippen LogP contribution in [0.25, 0.3) is 65.3 Å². The normalized spacial score (nSPS) is 20.5. The largest absolute Gasteiger partial charge is 0.0888 e. The van der Waals surface area contributed by atoms with Gasteiger partial charge in [-0.2, -0.15) is 0 Å². The number of benzene rings is 7. The summed E-state index contributed by atoms with van der Waals surface area (Å²) in [4.78, 5) is -0.208. The zero-order valence-electron chi connectivity index (χ0n) is 37.4. The lowest BCUT2D eigenvalue weighted by atomic mass is 9.86. The van der Waals surface area contributed by atoms with Gasteiger partial charge < -0.3 is 0 Å². The Morgan fingerprint density at radius 2 is 1.17 bits per heavy atom. The van der Waals surface area contributed by atoms with E-state index < -0.39 is 164 Å². The fourth-order valence-electron chi connectivity index (χ4n) is 4.48. The van der Waals surface area contributed by atoms with Gasteiger partial charge in [0.15, 0.2) is 0 Å². The van der Waals surface area contributed by atoms with Crippen LogP contribution in [-0.2, 0) is 0 Å². The molecule has 0 unspecified atom stereocenters. The van der Waals surface area contributed by atoms with Crippen LogP contribution in [0.15, 0.2) is 131 Å². The fraction of sp³-hybridized carbons (Fsp3) is 0. The maximum Gasteiger partial charge on any atom is 0.0636 e. The van der Waals surface area contributed by atoms with Gasteiger partial charge in [0.1, 0.15) is 0 Å². The highest BCUT2D eigenvalue weighted by Crippen LogP contribution is 2.51. The van der Waals surface area contributed by atoms with Crippen LogP contribution < -0.4 is 0 Å². The SMILES string of the molecule is [2H]c1c([2H])c([2H])c2c(c1[2H])Sc1c([2H])c([2H])c(-c3c4c([2H])c([2H])c([2H])c([2H])c4c([2H])c4c3c([2H])c([2H])c3c([2H])c([2H])c([2H])c([2H])c34)c3c([2H])c([2H])c([2H])c-2c13. The fourth-order valence-corrected chi connectivity index (χ4v) is 5.45. The lowest BCUT2D eigenvalue weighted by Crippen LogP contribution is -1.95. The lowest BCUT2D eigenvalue weighted by molar-refractivity contribution is 1.40. The van der Waals surface area contributed by atoms with Gasteiger partial charge in [-0.15, -0.1) is 0 Å². The molecule has 0 nitrogen and oxygen atoms in total. The van der Waals surface area contributed by atoms with Crippen molar-refractivity contribution in [2.45, 2.75) is 9.79 Å². The molecule has 0 saturated carbocycles. The highest BCUT2D eigenvalue weighted by molar-refractivity contribution is 7.99. The van der Waals surface area contributed by atoms with Crippen molar-refractivity contribution in [3.8, 4) is 22.3 Å². The predicted octanol–water partition coefficient (Wildman–Crippen LogP) is 10.1. The zero-order chi connectivity index (χ0) is 40.3. The van der Waals surface area contributed by atoms with Gasteiger partial charge in [0.25, 0.3) is 0 Å². The summed E-state index contributed by atoms with van der Waals surface area (Å²) in [6.45, 7) is 0. The molecule has 162 valence electrons. The molecule has 1 heterocycles. The minimum absolute atomic E-state index is 0.0949. The van der Waals surface area contributed by atoms with Crippen molar-refractivity contribution in [3.05, 3.63) is 121 Å². The Morgan fingerprint density at radius 1 is 0.429 bits per heavy atom. The molecule has 0 aromatic heterocycles. The van der Waals surface area contributed by atoms with Crippen molar-refractivity contribution in [2.24, 2.45) is 0 Å². The summed E-state index contributed by atoms with van der Waals surface area (Å²) >= 11 is 0.691. The first-order valence-electron chi connectivity index (χ1n) is 20.4. The van der Waals surface area contributed by atoms with E-state index in [9.17, 15) is 6.85 Å². The van der Waals surface area contributed by atoms with Crippen LogP contribution in [0.1, 0.15) is 27.4 Å². The quantitative estimate of drug-likeness (QED) is 0.166. The van der Waals surface area contributed by atoms with Crippen molar-refractivity contribution >= 4 is 54.9 Å². The molecular weight excluding hydrogens is 440 g/mol. The van der Waals surface area contributed by atoms with E-state index in [2.05, 4.69) is 0 Å². The highest BCUT2D eigenvalue weighted by atomic mass is 32.2. The molecule has 1 aliphatic rings. The minimum Gasteiger partial charge on any atom is -0.0888 e. The summed E-state index contributed by atoms with van der Waals surface area (Å²) in [6, 6.07) is -14.1. The first-order chi connectivity index (χ1) is 25.7. The Kier molecular flexibility index (Phi) is 1.70. The molecule has 0 aliphatic carbocycles. The topological polar surface area (TPSA) is 0 Å². The van der Waals surface area contributed by atoms with Gasteiger partial charge in [0.05, 0.1) is 27.4 Å². The van der Waals surface area contributed by atoms with E-state index in [0.717, 1.165) is 0 Å². The Balaban J connectivity index is 1.78. The Labute approximate surface area is 235 Å². The van der Waals surface area contributed by atoms with E-state index >= 15 is 0 Å². The summed E-state index contributed by atoms with van der Waals surface area (Å²) < 4.78 is 177. The second-order valence-electron chi connectivity index (χ2n) is 7.76. The molecule has 35 heavy (non-hydrogen) atoms. The van der Waals surface area contributed by atoms with E-state index in [1.807, 2.05) is 0 Å². The van der Waals surface area contributed by atoms with Crippen LogP contribution in [-0.4, -0.2) is 0 Å². The second-order valence-corrected chi connectivity index (χ2v) is 8.78. The molecule has 0 spiro atoms. The molecule has 1 heteroatoms. The zero-order valence-corrected chi connectivity index (χ0v) is 18.2. The first-order valence-corrected chi connectivity index (χ1v) is 11.2. The Hall–Kier alpha value is -4.07. The highest BCUT2D eigenvalue weighted by Gasteiger charge is 2.22. The molecule has 0 saturated heterocycles. The van der Waals surface area contributed by atoms with Crippen LogP contribution in [0, 0.1) is 0 Å². The summed E-state index contributed by atoms with van der Waals surface area (Å²) in [5.41, 5.74) is -1.42. The monoisotopic (exact) mass is 480 g/mol. The van der Waals surface area contributed by atoms with Crippen molar-refractivity contribution < 1.29 is 27.4 Å². The summed E-state index contributed by atoms with van der Waals surface area (Å²) in [7, 11) is 0. The van der Waals surface area contributed by atoms with Crippen molar-refractivity contribution in [1.29, 1.82) is 0 Å². The number of rotatable bonds is 1. The third kappa shape index (κ3) is 2.70. The first kappa shape index (κ1) is 8.26. The van der Waals surface area contributed by atoms with Gasteiger partial charge in [-0.1, -0.05) is 114 Å². The number of hydrogen-bond donors (Lipinski definition) is 0.